The van der Waals surface area contributed by atoms with Crippen LogP contribution in [0.5, 0.6) is 11.5 Å². The van der Waals surface area contributed by atoms with E-state index in [9.17, 15) is 9.59 Å². The van der Waals surface area contributed by atoms with Crippen molar-refractivity contribution in [1.29, 1.82) is 0 Å². The number of hydrogen-bond acceptors (Lipinski definition) is 5. The number of rotatable bonds is 6. The van der Waals surface area contributed by atoms with Crippen LogP contribution in [0.15, 0.2) is 54.7 Å². The summed E-state index contributed by atoms with van der Waals surface area (Å²) in [4.78, 5) is 28.6. The summed E-state index contributed by atoms with van der Waals surface area (Å²) in [6, 6.07) is 15.2. The molecule has 5 heteroatoms. The summed E-state index contributed by atoms with van der Waals surface area (Å²) in [5.74, 6) is 1.64. The Morgan fingerprint density at radius 2 is 1.83 bits per heavy atom. The molecule has 1 aliphatic carbocycles. The second-order valence-corrected chi connectivity index (χ2v) is 7.98. The number of benzene rings is 2. The van der Waals surface area contributed by atoms with Gasteiger partial charge in [0.15, 0.2) is 11.5 Å². The van der Waals surface area contributed by atoms with Gasteiger partial charge in [0.05, 0.1) is 5.41 Å². The summed E-state index contributed by atoms with van der Waals surface area (Å²) < 4.78 is 10.9. The fourth-order valence-corrected chi connectivity index (χ4v) is 4.14. The van der Waals surface area contributed by atoms with Gasteiger partial charge in [0.25, 0.3) is 0 Å². The predicted octanol–water partition coefficient (Wildman–Crippen LogP) is 4.44. The first-order valence-corrected chi connectivity index (χ1v) is 10.0. The SMILES string of the molecule is Cc1cc(CC(=O)C2(c3ccc4c(c3)OCO4)CC2)ncc1-c1ccc(C=O)cc1. The van der Waals surface area contributed by atoms with Crippen LogP contribution in [0, 0.1) is 6.92 Å². The normalized spacial score (nSPS) is 15.6. The fourth-order valence-electron chi connectivity index (χ4n) is 4.14. The van der Waals surface area contributed by atoms with Crippen LogP contribution in [0.4, 0.5) is 0 Å². The number of fused-ring (bicyclic) bond motifs is 1. The molecule has 2 heterocycles. The minimum Gasteiger partial charge on any atom is -0.454 e. The molecule has 3 aromatic rings. The monoisotopic (exact) mass is 399 g/mol. The third kappa shape index (κ3) is 3.16. The summed E-state index contributed by atoms with van der Waals surface area (Å²) in [5, 5.41) is 0. The molecule has 0 saturated heterocycles. The van der Waals surface area contributed by atoms with Crippen LogP contribution in [0.3, 0.4) is 0 Å². The summed E-state index contributed by atoms with van der Waals surface area (Å²) in [7, 11) is 0. The third-order valence-corrected chi connectivity index (χ3v) is 6.08. The van der Waals surface area contributed by atoms with Crippen LogP contribution in [-0.4, -0.2) is 23.8 Å². The zero-order valence-corrected chi connectivity index (χ0v) is 16.7. The minimum atomic E-state index is -0.431. The Bertz CT molecular complexity index is 1150. The summed E-state index contributed by atoms with van der Waals surface area (Å²) in [6.07, 6.45) is 4.66. The van der Waals surface area contributed by atoms with Crippen molar-refractivity contribution >= 4 is 12.1 Å². The molecular formula is C25H21NO4. The number of aromatic nitrogens is 1. The van der Waals surface area contributed by atoms with Gasteiger partial charge in [0.1, 0.15) is 12.1 Å². The number of nitrogens with zero attached hydrogens (tertiary/aromatic N) is 1. The van der Waals surface area contributed by atoms with Gasteiger partial charge in [-0.25, -0.2) is 0 Å². The van der Waals surface area contributed by atoms with Gasteiger partial charge < -0.3 is 9.47 Å². The van der Waals surface area contributed by atoms with Crippen LogP contribution in [-0.2, 0) is 16.6 Å². The lowest BCUT2D eigenvalue weighted by molar-refractivity contribution is -0.120. The lowest BCUT2D eigenvalue weighted by Crippen LogP contribution is -2.23. The maximum absolute atomic E-state index is 13.2. The van der Waals surface area contributed by atoms with E-state index in [-0.39, 0.29) is 12.6 Å². The molecule has 1 aromatic heterocycles. The van der Waals surface area contributed by atoms with E-state index in [1.54, 1.807) is 12.1 Å². The molecule has 0 bridgehead atoms. The van der Waals surface area contributed by atoms with E-state index in [0.717, 1.165) is 52.8 Å². The van der Waals surface area contributed by atoms with E-state index in [2.05, 4.69) is 4.98 Å². The number of aldehydes is 1. The van der Waals surface area contributed by atoms with Crippen LogP contribution in [0.25, 0.3) is 11.1 Å². The predicted molar refractivity (Wildman–Crippen MR) is 112 cm³/mol. The molecule has 1 saturated carbocycles. The van der Waals surface area contributed by atoms with Crippen molar-refractivity contribution in [2.45, 2.75) is 31.6 Å². The lowest BCUT2D eigenvalue weighted by atomic mass is 9.88. The number of carbonyl (C=O) groups is 2. The first-order chi connectivity index (χ1) is 14.6. The molecule has 1 aliphatic heterocycles. The topological polar surface area (TPSA) is 65.5 Å². The number of Topliss-reactive ketones (excluding diaryl/α,β-unsaturated/α-hetero) is 1. The molecule has 5 nitrogen and oxygen atoms in total. The highest BCUT2D eigenvalue weighted by molar-refractivity contribution is 5.94. The molecule has 0 N–H and O–H groups in total. The van der Waals surface area contributed by atoms with E-state index in [1.165, 1.54) is 0 Å². The van der Waals surface area contributed by atoms with Crippen LogP contribution >= 0.6 is 0 Å². The molecule has 30 heavy (non-hydrogen) atoms. The molecule has 0 spiro atoms. The van der Waals surface area contributed by atoms with Gasteiger partial charge in [-0.2, -0.15) is 0 Å². The lowest BCUT2D eigenvalue weighted by Gasteiger charge is -2.15. The van der Waals surface area contributed by atoms with Gasteiger partial charge >= 0.3 is 0 Å². The summed E-state index contributed by atoms with van der Waals surface area (Å²) >= 11 is 0. The zero-order valence-electron chi connectivity index (χ0n) is 16.7. The number of hydrogen-bond donors (Lipinski definition) is 0. The van der Waals surface area contributed by atoms with Gasteiger partial charge in [-0.05, 0) is 54.7 Å². The minimum absolute atomic E-state index is 0.191. The highest BCUT2D eigenvalue weighted by Crippen LogP contribution is 2.51. The Morgan fingerprint density at radius 3 is 2.53 bits per heavy atom. The van der Waals surface area contributed by atoms with Crippen LogP contribution in [0.1, 0.15) is 40.0 Å². The maximum Gasteiger partial charge on any atom is 0.231 e. The molecule has 0 atom stereocenters. The Balaban J connectivity index is 1.36. The standard InChI is InChI=1S/C25H21NO4/c1-16-10-20(26-13-21(16)18-4-2-17(14-27)3-5-18)12-24(28)25(8-9-25)19-6-7-22-23(11-19)30-15-29-22/h2-7,10-11,13-14H,8-9,12,15H2,1H3. The van der Waals surface area contributed by atoms with Crippen molar-refractivity contribution in [3.8, 4) is 22.6 Å². The average Bonchev–Trinajstić information content (AvgIpc) is 3.45. The van der Waals surface area contributed by atoms with Crippen molar-refractivity contribution in [3.05, 3.63) is 77.1 Å². The molecule has 2 aromatic carbocycles. The van der Waals surface area contributed by atoms with Crippen molar-refractivity contribution < 1.29 is 19.1 Å². The highest BCUT2D eigenvalue weighted by atomic mass is 16.7. The van der Waals surface area contributed by atoms with Crippen molar-refractivity contribution in [3.63, 3.8) is 0 Å². The molecule has 5 rings (SSSR count). The fraction of sp³-hybridized carbons (Fsp3) is 0.240. The maximum atomic E-state index is 13.2. The number of pyridine rings is 1. The van der Waals surface area contributed by atoms with Gasteiger partial charge in [0, 0.05) is 29.4 Å². The number of carbonyl (C=O) groups excluding carboxylic acids is 2. The number of ketones is 1. The van der Waals surface area contributed by atoms with E-state index in [1.807, 2.05) is 49.5 Å². The van der Waals surface area contributed by atoms with E-state index < -0.39 is 5.41 Å². The number of aryl methyl sites for hydroxylation is 1. The van der Waals surface area contributed by atoms with Crippen molar-refractivity contribution in [2.75, 3.05) is 6.79 Å². The quantitative estimate of drug-likeness (QED) is 0.573. The zero-order chi connectivity index (χ0) is 20.7. The van der Waals surface area contributed by atoms with E-state index >= 15 is 0 Å². The third-order valence-electron chi connectivity index (χ3n) is 6.08. The van der Waals surface area contributed by atoms with Gasteiger partial charge in [-0.1, -0.05) is 30.3 Å². The largest absolute Gasteiger partial charge is 0.454 e. The smallest absolute Gasteiger partial charge is 0.231 e. The Kier molecular flexibility index (Phi) is 4.39. The highest BCUT2D eigenvalue weighted by Gasteiger charge is 2.50. The van der Waals surface area contributed by atoms with Crippen molar-refractivity contribution in [2.24, 2.45) is 0 Å². The first kappa shape index (κ1) is 18.6. The number of ether oxygens (including phenoxy) is 2. The molecule has 1 fully saturated rings. The second-order valence-electron chi connectivity index (χ2n) is 7.98. The van der Waals surface area contributed by atoms with E-state index in [4.69, 9.17) is 9.47 Å². The van der Waals surface area contributed by atoms with Gasteiger partial charge in [0.2, 0.25) is 6.79 Å². The van der Waals surface area contributed by atoms with Gasteiger partial charge in [-0.3, -0.25) is 14.6 Å². The molecule has 0 radical (unpaired) electrons. The first-order valence-electron chi connectivity index (χ1n) is 10.0. The molecule has 0 amide bonds. The average molecular weight is 399 g/mol. The summed E-state index contributed by atoms with van der Waals surface area (Å²) in [6.45, 7) is 2.25. The Morgan fingerprint density at radius 1 is 1.07 bits per heavy atom. The van der Waals surface area contributed by atoms with E-state index in [0.29, 0.717) is 17.7 Å². The molecule has 150 valence electrons. The molecular weight excluding hydrogens is 378 g/mol. The van der Waals surface area contributed by atoms with Crippen LogP contribution in [0.2, 0.25) is 0 Å². The molecule has 0 unspecified atom stereocenters. The second kappa shape index (κ2) is 7.10. The van der Waals surface area contributed by atoms with Crippen LogP contribution < -0.4 is 9.47 Å². The Hall–Kier alpha value is -3.47. The van der Waals surface area contributed by atoms with Crippen molar-refractivity contribution in [1.82, 2.24) is 4.98 Å². The molecule has 2 aliphatic rings. The summed E-state index contributed by atoms with van der Waals surface area (Å²) in [5.41, 5.74) is 5.05. The Labute approximate surface area is 174 Å². The van der Waals surface area contributed by atoms with Gasteiger partial charge in [-0.15, -0.1) is 0 Å².